The summed E-state index contributed by atoms with van der Waals surface area (Å²) in [5.41, 5.74) is 3.86. The maximum absolute atomic E-state index is 13.8. The number of Topliss-reactive ketones (excluding diaryl/α,β-unsaturated/α-hetero) is 1. The fraction of sp³-hybridized carbons (Fsp3) is 0.200. The van der Waals surface area contributed by atoms with Gasteiger partial charge in [-0.15, -0.1) is 0 Å². The van der Waals surface area contributed by atoms with Crippen molar-refractivity contribution in [3.63, 3.8) is 0 Å². The number of amidine groups is 1. The van der Waals surface area contributed by atoms with Crippen molar-refractivity contribution in [2.24, 2.45) is 5.41 Å². The van der Waals surface area contributed by atoms with Crippen LogP contribution in [0.5, 0.6) is 0 Å². The summed E-state index contributed by atoms with van der Waals surface area (Å²) in [6.07, 6.45) is 1.06. The zero-order valence-electron chi connectivity index (χ0n) is 19.8. The van der Waals surface area contributed by atoms with Crippen LogP contribution in [0, 0.1) is 10.8 Å². The summed E-state index contributed by atoms with van der Waals surface area (Å²) in [6.45, 7) is 4.18. The van der Waals surface area contributed by atoms with Gasteiger partial charge in [-0.2, -0.15) is 0 Å². The lowest BCUT2D eigenvalue weighted by molar-refractivity contribution is -0.118. The third-order valence-corrected chi connectivity index (χ3v) is 6.99. The summed E-state index contributed by atoms with van der Waals surface area (Å²) in [5, 5.41) is 21.6. The Labute approximate surface area is 210 Å². The third kappa shape index (κ3) is 4.19. The zero-order valence-corrected chi connectivity index (χ0v) is 20.5. The minimum absolute atomic E-state index is 0.000616. The highest BCUT2D eigenvalue weighted by molar-refractivity contribution is 6.30. The second-order valence-corrected chi connectivity index (χ2v) is 10.4. The number of anilines is 1. The summed E-state index contributed by atoms with van der Waals surface area (Å²) in [4.78, 5) is 15.6. The molecule has 4 nitrogen and oxygen atoms in total. The molecule has 0 amide bonds. The van der Waals surface area contributed by atoms with E-state index in [1.54, 1.807) is 12.1 Å². The molecule has 0 bridgehead atoms. The van der Waals surface area contributed by atoms with Gasteiger partial charge in [-0.1, -0.05) is 86.1 Å². The van der Waals surface area contributed by atoms with E-state index in [-0.39, 0.29) is 22.8 Å². The lowest BCUT2D eigenvalue weighted by Crippen LogP contribution is -2.45. The van der Waals surface area contributed by atoms with Crippen molar-refractivity contribution in [3.8, 4) is 0 Å². The lowest BCUT2D eigenvalue weighted by Gasteiger charge is -2.45. The Bertz CT molecular complexity index is 1360. The van der Waals surface area contributed by atoms with Crippen LogP contribution in [-0.2, 0) is 4.79 Å². The van der Waals surface area contributed by atoms with E-state index in [9.17, 15) is 15.3 Å². The largest absolute Gasteiger partial charge is 0.507 e. The molecule has 0 unspecified atom stereocenters. The number of hydrogen-bond acceptors (Lipinski definition) is 3. The monoisotopic (exact) mass is 482 g/mol. The van der Waals surface area contributed by atoms with E-state index in [2.05, 4.69) is 13.8 Å². The van der Waals surface area contributed by atoms with Crippen LogP contribution in [0.25, 0.3) is 5.76 Å². The van der Waals surface area contributed by atoms with Gasteiger partial charge in [0.05, 0.1) is 0 Å². The van der Waals surface area contributed by atoms with Crippen LogP contribution in [-0.4, -0.2) is 16.7 Å². The number of benzene rings is 3. The number of allylic oxidation sites excluding steroid dienone is 2. The second kappa shape index (κ2) is 8.86. The van der Waals surface area contributed by atoms with Gasteiger partial charge in [0.15, 0.2) is 5.78 Å². The normalized spacial score (nSPS) is 21.1. The molecule has 0 radical (unpaired) electrons. The summed E-state index contributed by atoms with van der Waals surface area (Å²) in [5.74, 6) is -0.357. The summed E-state index contributed by atoms with van der Waals surface area (Å²) in [6, 6.07) is 26.2. The molecule has 2 N–H and O–H groups in total. The van der Waals surface area contributed by atoms with Gasteiger partial charge in [-0.3, -0.25) is 15.1 Å². The number of aliphatic hydroxyl groups excluding tert-OH is 1. The number of rotatable bonds is 3. The fourth-order valence-electron chi connectivity index (χ4n) is 5.22. The standard InChI is InChI=1S/C30H27ClN2O2/c1-30(2)17-23-26(24(34)18-30)25(19-13-15-21(31)16-14-19)27(28(35)20-9-5-3-6-10-20)29(32)33(23)22-11-7-4-8-12-22/h3-16,25,32,35H,17-18H2,1-2H3/b28-27+,32-29?/t25-/m0/s1. The van der Waals surface area contributed by atoms with Crippen molar-refractivity contribution in [1.82, 2.24) is 0 Å². The summed E-state index contributed by atoms with van der Waals surface area (Å²) >= 11 is 6.19. The van der Waals surface area contributed by atoms with Gasteiger partial charge in [0.2, 0.25) is 0 Å². The van der Waals surface area contributed by atoms with Crippen molar-refractivity contribution in [3.05, 3.63) is 118 Å². The topological polar surface area (TPSA) is 64.4 Å². The van der Waals surface area contributed by atoms with Gasteiger partial charge in [0.25, 0.3) is 0 Å². The Hall–Kier alpha value is -3.63. The van der Waals surface area contributed by atoms with Crippen molar-refractivity contribution >= 4 is 34.7 Å². The Morgan fingerprint density at radius 2 is 1.54 bits per heavy atom. The number of carbonyl (C=O) groups excluding carboxylic acids is 1. The maximum atomic E-state index is 13.8. The molecule has 5 heteroatoms. The first-order chi connectivity index (χ1) is 16.8. The smallest absolute Gasteiger partial charge is 0.162 e. The molecule has 5 rings (SSSR count). The number of para-hydroxylation sites is 1. The molecule has 0 spiro atoms. The maximum Gasteiger partial charge on any atom is 0.162 e. The molecular formula is C30H27ClN2O2. The Balaban J connectivity index is 1.85. The van der Waals surface area contributed by atoms with Crippen molar-refractivity contribution in [2.45, 2.75) is 32.6 Å². The molecule has 3 aromatic carbocycles. The Morgan fingerprint density at radius 1 is 0.943 bits per heavy atom. The number of aliphatic hydroxyl groups is 1. The summed E-state index contributed by atoms with van der Waals surface area (Å²) < 4.78 is 0. The predicted octanol–water partition coefficient (Wildman–Crippen LogP) is 7.53. The van der Waals surface area contributed by atoms with E-state index < -0.39 is 5.92 Å². The van der Waals surface area contributed by atoms with Gasteiger partial charge >= 0.3 is 0 Å². The molecule has 1 atom stereocenters. The van der Waals surface area contributed by atoms with E-state index in [0.29, 0.717) is 34.6 Å². The highest BCUT2D eigenvalue weighted by atomic mass is 35.5. The molecule has 1 aliphatic carbocycles. The van der Waals surface area contributed by atoms with Crippen LogP contribution in [0.3, 0.4) is 0 Å². The van der Waals surface area contributed by atoms with Crippen molar-refractivity contribution in [1.29, 1.82) is 5.41 Å². The number of nitrogens with zero attached hydrogens (tertiary/aromatic N) is 1. The van der Waals surface area contributed by atoms with E-state index in [1.807, 2.05) is 77.7 Å². The first kappa shape index (κ1) is 23.1. The van der Waals surface area contributed by atoms with E-state index in [0.717, 1.165) is 16.9 Å². The molecular weight excluding hydrogens is 456 g/mol. The molecule has 0 saturated carbocycles. The van der Waals surface area contributed by atoms with E-state index in [4.69, 9.17) is 11.6 Å². The number of hydrogen-bond donors (Lipinski definition) is 2. The highest BCUT2D eigenvalue weighted by Crippen LogP contribution is 2.51. The molecule has 176 valence electrons. The van der Waals surface area contributed by atoms with Gasteiger partial charge < -0.3 is 5.11 Å². The van der Waals surface area contributed by atoms with Crippen LogP contribution in [0.4, 0.5) is 5.69 Å². The van der Waals surface area contributed by atoms with E-state index in [1.165, 1.54) is 0 Å². The zero-order chi connectivity index (χ0) is 24.7. The highest BCUT2D eigenvalue weighted by Gasteiger charge is 2.46. The van der Waals surface area contributed by atoms with Crippen LogP contribution in [0.2, 0.25) is 5.02 Å². The second-order valence-electron chi connectivity index (χ2n) is 9.93. The van der Waals surface area contributed by atoms with Crippen LogP contribution < -0.4 is 4.90 Å². The number of ketones is 1. The fourth-order valence-corrected chi connectivity index (χ4v) is 5.34. The van der Waals surface area contributed by atoms with E-state index >= 15 is 0 Å². The molecule has 0 aromatic heterocycles. The van der Waals surface area contributed by atoms with Gasteiger partial charge in [-0.05, 0) is 41.7 Å². The number of carbonyl (C=O) groups is 1. The Kier molecular flexibility index (Phi) is 5.86. The van der Waals surface area contributed by atoms with Crippen LogP contribution >= 0.6 is 11.6 Å². The molecule has 3 aromatic rings. The quantitative estimate of drug-likeness (QED) is 0.379. The van der Waals surface area contributed by atoms with Crippen LogP contribution in [0.1, 0.15) is 43.7 Å². The minimum atomic E-state index is -0.571. The first-order valence-corrected chi connectivity index (χ1v) is 12.1. The average Bonchev–Trinajstić information content (AvgIpc) is 2.84. The number of halogens is 1. The SMILES string of the molecule is CC1(C)CC(=O)C2=C(C1)N(c1ccccc1)C(=N)/C(=C(/O)c1ccccc1)[C@H]2c1ccc(Cl)cc1. The molecule has 1 aliphatic heterocycles. The molecule has 1 heterocycles. The molecule has 0 saturated heterocycles. The van der Waals surface area contributed by atoms with Gasteiger partial charge in [-0.25, -0.2) is 0 Å². The molecule has 35 heavy (non-hydrogen) atoms. The lowest BCUT2D eigenvalue weighted by atomic mass is 9.67. The number of nitrogens with one attached hydrogen (secondary N) is 1. The third-order valence-electron chi connectivity index (χ3n) is 6.74. The predicted molar refractivity (Wildman–Crippen MR) is 142 cm³/mol. The Morgan fingerprint density at radius 3 is 2.17 bits per heavy atom. The minimum Gasteiger partial charge on any atom is -0.507 e. The van der Waals surface area contributed by atoms with Gasteiger partial charge in [0.1, 0.15) is 11.6 Å². The molecule has 2 aliphatic rings. The summed E-state index contributed by atoms with van der Waals surface area (Å²) in [7, 11) is 0. The van der Waals surface area contributed by atoms with Gasteiger partial charge in [0, 0.05) is 45.5 Å². The van der Waals surface area contributed by atoms with Crippen molar-refractivity contribution < 1.29 is 9.90 Å². The average molecular weight is 483 g/mol. The van der Waals surface area contributed by atoms with Crippen molar-refractivity contribution in [2.75, 3.05) is 4.90 Å². The van der Waals surface area contributed by atoms with Crippen LogP contribution in [0.15, 0.2) is 102 Å². The molecule has 0 fully saturated rings. The first-order valence-electron chi connectivity index (χ1n) is 11.7.